The van der Waals surface area contributed by atoms with Crippen LogP contribution in [0.25, 0.3) is 0 Å². The molecule has 2 aromatic rings. The van der Waals surface area contributed by atoms with Crippen molar-refractivity contribution >= 4 is 11.3 Å². The minimum absolute atomic E-state index is 0.579. The molecule has 1 N–H and O–H groups in total. The highest BCUT2D eigenvalue weighted by Crippen LogP contribution is 2.56. The first-order valence-electron chi connectivity index (χ1n) is 9.17. The van der Waals surface area contributed by atoms with Crippen LogP contribution in [0.1, 0.15) is 43.0 Å². The summed E-state index contributed by atoms with van der Waals surface area (Å²) in [5, 5.41) is 12.7. The Morgan fingerprint density at radius 1 is 1.38 bits per heavy atom. The number of nitrogens with zero attached hydrogens (tertiary/aromatic N) is 3. The average Bonchev–Trinajstić information content (AvgIpc) is 2.93. The molecule has 4 nitrogen and oxygen atoms in total. The molecular weight excluding hydrogens is 316 g/mol. The Labute approximate surface area is 148 Å². The smallest absolute Gasteiger partial charge is 0.0666 e. The largest absolute Gasteiger partial charge is 0.317 e. The van der Waals surface area contributed by atoms with Crippen molar-refractivity contribution in [2.75, 3.05) is 13.1 Å². The highest BCUT2D eigenvalue weighted by molar-refractivity contribution is 7.07. The van der Waals surface area contributed by atoms with Crippen LogP contribution in [0, 0.1) is 5.41 Å². The Bertz CT molecular complexity index is 670. The molecule has 5 heteroatoms. The summed E-state index contributed by atoms with van der Waals surface area (Å²) in [7, 11) is 2.04. The van der Waals surface area contributed by atoms with Crippen molar-refractivity contribution in [3.63, 3.8) is 0 Å². The fraction of sp³-hybridized carbons (Fsp3) is 0.632. The van der Waals surface area contributed by atoms with Gasteiger partial charge in [-0.2, -0.15) is 16.4 Å². The number of aryl methyl sites for hydroxylation is 2. The molecule has 0 bridgehead atoms. The number of aromatic nitrogens is 2. The van der Waals surface area contributed by atoms with E-state index in [0.717, 1.165) is 25.6 Å². The van der Waals surface area contributed by atoms with E-state index in [4.69, 9.17) is 0 Å². The predicted octanol–water partition coefficient (Wildman–Crippen LogP) is 3.19. The first-order chi connectivity index (χ1) is 11.7. The number of nitrogens with one attached hydrogen (secondary N) is 1. The Morgan fingerprint density at radius 3 is 2.92 bits per heavy atom. The van der Waals surface area contributed by atoms with Gasteiger partial charge in [0.1, 0.15) is 0 Å². The van der Waals surface area contributed by atoms with Crippen molar-refractivity contribution in [2.24, 2.45) is 12.5 Å². The maximum atomic E-state index is 4.65. The van der Waals surface area contributed by atoms with E-state index in [1.165, 1.54) is 49.2 Å². The molecule has 2 aliphatic rings. The third-order valence-electron chi connectivity index (χ3n) is 5.85. The maximum absolute atomic E-state index is 4.65. The standard InChI is InChI=1S/C19H28N4S/c1-3-17-16(12-22(2)21-17)13-23(11-15-4-9-24-14-15)18-10-19(18)5-7-20-8-6-19/h4,9,12,14,18,20H,3,5-8,10-11,13H2,1-2H3/t18-/m0/s1. The summed E-state index contributed by atoms with van der Waals surface area (Å²) in [6, 6.07) is 3.02. The van der Waals surface area contributed by atoms with Crippen LogP contribution >= 0.6 is 11.3 Å². The van der Waals surface area contributed by atoms with Crippen LogP contribution in [0.2, 0.25) is 0 Å². The topological polar surface area (TPSA) is 33.1 Å². The molecule has 1 atom stereocenters. The Hall–Kier alpha value is -1.17. The van der Waals surface area contributed by atoms with Crippen LogP contribution in [0.15, 0.2) is 23.0 Å². The van der Waals surface area contributed by atoms with Crippen molar-refractivity contribution < 1.29 is 0 Å². The van der Waals surface area contributed by atoms with Gasteiger partial charge in [-0.15, -0.1) is 0 Å². The normalized spacial score (nSPS) is 22.4. The third-order valence-corrected chi connectivity index (χ3v) is 6.58. The van der Waals surface area contributed by atoms with Crippen molar-refractivity contribution in [1.82, 2.24) is 20.0 Å². The molecule has 2 fully saturated rings. The summed E-state index contributed by atoms with van der Waals surface area (Å²) in [4.78, 5) is 2.73. The van der Waals surface area contributed by atoms with Gasteiger partial charge in [-0.1, -0.05) is 6.92 Å². The van der Waals surface area contributed by atoms with E-state index in [0.29, 0.717) is 5.41 Å². The van der Waals surface area contributed by atoms with E-state index in [2.05, 4.69) is 45.3 Å². The SMILES string of the molecule is CCc1nn(C)cc1CN(Cc1ccsc1)[C@H]1CC12CCNCC2. The zero-order chi connectivity index (χ0) is 16.6. The predicted molar refractivity (Wildman–Crippen MR) is 99.1 cm³/mol. The summed E-state index contributed by atoms with van der Waals surface area (Å²) >= 11 is 1.81. The van der Waals surface area contributed by atoms with E-state index >= 15 is 0 Å². The summed E-state index contributed by atoms with van der Waals surface area (Å²) in [6.07, 6.45) is 7.29. The van der Waals surface area contributed by atoms with Crippen molar-refractivity contribution in [1.29, 1.82) is 0 Å². The van der Waals surface area contributed by atoms with Crippen molar-refractivity contribution in [3.05, 3.63) is 39.8 Å². The maximum Gasteiger partial charge on any atom is 0.0666 e. The first-order valence-corrected chi connectivity index (χ1v) is 10.1. The van der Waals surface area contributed by atoms with E-state index in [1.807, 2.05) is 11.7 Å². The molecule has 1 saturated heterocycles. The Balaban J connectivity index is 1.54. The number of thiophene rings is 1. The van der Waals surface area contributed by atoms with E-state index in [9.17, 15) is 0 Å². The molecule has 1 aliphatic heterocycles. The van der Waals surface area contributed by atoms with Gasteiger partial charge in [0.2, 0.25) is 0 Å². The molecular formula is C19H28N4S. The van der Waals surface area contributed by atoms with Gasteiger partial charge < -0.3 is 5.32 Å². The fourth-order valence-corrected chi connectivity index (χ4v) is 5.09. The third kappa shape index (κ3) is 3.17. The second-order valence-electron chi connectivity index (χ2n) is 7.50. The zero-order valence-electron chi connectivity index (χ0n) is 14.8. The summed E-state index contributed by atoms with van der Waals surface area (Å²) in [6.45, 7) is 6.69. The van der Waals surface area contributed by atoms with Gasteiger partial charge in [-0.3, -0.25) is 9.58 Å². The summed E-state index contributed by atoms with van der Waals surface area (Å²) < 4.78 is 1.98. The zero-order valence-corrected chi connectivity index (χ0v) is 15.6. The molecule has 130 valence electrons. The molecule has 2 aromatic heterocycles. The highest BCUT2D eigenvalue weighted by atomic mass is 32.1. The lowest BCUT2D eigenvalue weighted by Crippen LogP contribution is -2.35. The second-order valence-corrected chi connectivity index (χ2v) is 8.28. The van der Waals surface area contributed by atoms with Crippen molar-refractivity contribution in [3.8, 4) is 0 Å². The van der Waals surface area contributed by atoms with Gasteiger partial charge in [0.15, 0.2) is 0 Å². The molecule has 0 aromatic carbocycles. The number of piperidine rings is 1. The minimum Gasteiger partial charge on any atom is -0.317 e. The van der Waals surface area contributed by atoms with Crippen LogP contribution in [0.5, 0.6) is 0 Å². The summed E-state index contributed by atoms with van der Waals surface area (Å²) in [5.74, 6) is 0. The van der Waals surface area contributed by atoms with Crippen LogP contribution in [0.3, 0.4) is 0 Å². The lowest BCUT2D eigenvalue weighted by atomic mass is 9.93. The lowest BCUT2D eigenvalue weighted by Gasteiger charge is -2.29. The summed E-state index contributed by atoms with van der Waals surface area (Å²) in [5.41, 5.74) is 4.70. The highest BCUT2D eigenvalue weighted by Gasteiger charge is 2.56. The van der Waals surface area contributed by atoms with Gasteiger partial charge in [0.05, 0.1) is 5.69 Å². The lowest BCUT2D eigenvalue weighted by molar-refractivity contribution is 0.188. The fourth-order valence-electron chi connectivity index (χ4n) is 4.43. The van der Waals surface area contributed by atoms with E-state index in [-0.39, 0.29) is 0 Å². The van der Waals surface area contributed by atoms with Gasteiger partial charge >= 0.3 is 0 Å². The van der Waals surface area contributed by atoms with Crippen LogP contribution in [-0.4, -0.2) is 33.8 Å². The molecule has 0 amide bonds. The quantitative estimate of drug-likeness (QED) is 0.874. The monoisotopic (exact) mass is 344 g/mol. The van der Waals surface area contributed by atoms with E-state index < -0.39 is 0 Å². The molecule has 1 aliphatic carbocycles. The first kappa shape index (κ1) is 16.3. The average molecular weight is 345 g/mol. The van der Waals surface area contributed by atoms with Gasteiger partial charge in [0, 0.05) is 37.9 Å². The molecule has 24 heavy (non-hydrogen) atoms. The van der Waals surface area contributed by atoms with Gasteiger partial charge in [-0.25, -0.2) is 0 Å². The Kier molecular flexibility index (Phi) is 4.50. The van der Waals surface area contributed by atoms with Crippen molar-refractivity contribution in [2.45, 2.75) is 51.7 Å². The molecule has 0 unspecified atom stereocenters. The number of rotatable bonds is 6. The number of hydrogen-bond acceptors (Lipinski definition) is 4. The van der Waals surface area contributed by atoms with Gasteiger partial charge in [0.25, 0.3) is 0 Å². The molecule has 1 spiro atoms. The molecule has 1 saturated carbocycles. The van der Waals surface area contributed by atoms with Crippen LogP contribution in [-0.2, 0) is 26.6 Å². The molecule has 4 rings (SSSR count). The van der Waals surface area contributed by atoms with Crippen LogP contribution < -0.4 is 5.32 Å². The molecule has 0 radical (unpaired) electrons. The van der Waals surface area contributed by atoms with Gasteiger partial charge in [-0.05, 0) is 66.6 Å². The Morgan fingerprint density at radius 2 is 2.21 bits per heavy atom. The van der Waals surface area contributed by atoms with E-state index in [1.54, 1.807) is 11.3 Å². The minimum atomic E-state index is 0.579. The second kappa shape index (κ2) is 6.62. The number of hydrogen-bond donors (Lipinski definition) is 1. The molecule has 3 heterocycles. The van der Waals surface area contributed by atoms with Crippen LogP contribution in [0.4, 0.5) is 0 Å².